The molecule has 4 heteroatoms. The molecule has 0 heterocycles. The number of carbonyl (C=O) groups is 1. The zero-order chi connectivity index (χ0) is 8.27. The summed E-state index contributed by atoms with van der Waals surface area (Å²) in [5.41, 5.74) is 0. The van der Waals surface area contributed by atoms with E-state index in [1.165, 1.54) is 0 Å². The zero-order valence-electron chi connectivity index (χ0n) is 6.19. The van der Waals surface area contributed by atoms with Crippen molar-refractivity contribution in [1.29, 1.82) is 0 Å². The summed E-state index contributed by atoms with van der Waals surface area (Å²) >= 11 is 0. The van der Waals surface area contributed by atoms with E-state index >= 15 is 0 Å². The van der Waals surface area contributed by atoms with E-state index in [0.717, 1.165) is 19.3 Å². The molecule has 0 aliphatic heterocycles. The molecular weight excluding hydrogens is 148 g/mol. The van der Waals surface area contributed by atoms with E-state index in [4.69, 9.17) is 9.84 Å². The smallest absolute Gasteiger partial charge is 0.329 e. The molecule has 1 saturated carbocycles. The third-order valence-corrected chi connectivity index (χ3v) is 1.84. The number of ether oxygens (including phenoxy) is 1. The second-order valence-corrected chi connectivity index (χ2v) is 2.74. The van der Waals surface area contributed by atoms with Crippen LogP contribution >= 0.6 is 0 Å². The average molecular weight is 160 g/mol. The van der Waals surface area contributed by atoms with Gasteiger partial charge in [-0.15, -0.1) is 0 Å². The lowest BCUT2D eigenvalue weighted by Crippen LogP contribution is -2.25. The Morgan fingerprint density at radius 3 is 2.73 bits per heavy atom. The van der Waals surface area contributed by atoms with Crippen LogP contribution in [0.25, 0.3) is 0 Å². The topological polar surface area (TPSA) is 66.8 Å². The lowest BCUT2D eigenvalue weighted by atomic mass is 10.3. The van der Waals surface area contributed by atoms with Gasteiger partial charge >= 0.3 is 5.97 Å². The van der Waals surface area contributed by atoms with E-state index in [0.29, 0.717) is 0 Å². The molecule has 0 bridgehead atoms. The van der Waals surface area contributed by atoms with Gasteiger partial charge in [0, 0.05) is 0 Å². The predicted octanol–water partition coefficient (Wildman–Crippen LogP) is 0.001000. The molecule has 0 amide bonds. The first-order valence-corrected chi connectivity index (χ1v) is 3.71. The fourth-order valence-corrected chi connectivity index (χ4v) is 1.28. The molecule has 0 aromatic rings. The third kappa shape index (κ3) is 2.48. The maximum atomic E-state index is 10.1. The van der Waals surface area contributed by atoms with Gasteiger partial charge in [0.25, 0.3) is 0 Å². The van der Waals surface area contributed by atoms with E-state index in [1.807, 2.05) is 0 Å². The Labute approximate surface area is 64.8 Å². The Kier molecular flexibility index (Phi) is 2.84. The summed E-state index contributed by atoms with van der Waals surface area (Å²) in [4.78, 5) is 10.1. The van der Waals surface area contributed by atoms with Gasteiger partial charge in [0.2, 0.25) is 0 Å². The summed E-state index contributed by atoms with van der Waals surface area (Å²) in [6.45, 7) is -0.304. The zero-order valence-corrected chi connectivity index (χ0v) is 6.19. The number of hydrogen-bond donors (Lipinski definition) is 2. The van der Waals surface area contributed by atoms with Crippen molar-refractivity contribution in [2.45, 2.75) is 31.5 Å². The van der Waals surface area contributed by atoms with Gasteiger partial charge < -0.3 is 14.9 Å². The van der Waals surface area contributed by atoms with Crippen molar-refractivity contribution in [3.63, 3.8) is 0 Å². The van der Waals surface area contributed by atoms with Crippen LogP contribution in [0.15, 0.2) is 0 Å². The van der Waals surface area contributed by atoms with Gasteiger partial charge in [-0.2, -0.15) is 0 Å². The van der Waals surface area contributed by atoms with Crippen molar-refractivity contribution in [2.24, 2.45) is 0 Å². The second kappa shape index (κ2) is 3.69. The largest absolute Gasteiger partial charge is 0.480 e. The summed E-state index contributed by atoms with van der Waals surface area (Å²) in [6, 6.07) is 0. The van der Waals surface area contributed by atoms with E-state index in [1.54, 1.807) is 0 Å². The molecule has 2 N–H and O–H groups in total. The van der Waals surface area contributed by atoms with Crippen molar-refractivity contribution in [1.82, 2.24) is 0 Å². The highest BCUT2D eigenvalue weighted by atomic mass is 16.5. The maximum Gasteiger partial charge on any atom is 0.329 e. The van der Waals surface area contributed by atoms with Gasteiger partial charge in [0.05, 0.1) is 12.2 Å². The average Bonchev–Trinajstić information content (AvgIpc) is 2.31. The fourth-order valence-electron chi connectivity index (χ4n) is 1.28. The molecular formula is C7H12O4. The SMILES string of the molecule is O=C(O)COC1CCCC1O. The second-order valence-electron chi connectivity index (χ2n) is 2.74. The molecule has 1 aliphatic rings. The van der Waals surface area contributed by atoms with Crippen LogP contribution in [-0.4, -0.2) is 35.0 Å². The van der Waals surface area contributed by atoms with E-state index in [9.17, 15) is 9.90 Å². The number of carboxylic acids is 1. The van der Waals surface area contributed by atoms with Crippen LogP contribution in [0.3, 0.4) is 0 Å². The normalized spacial score (nSPS) is 30.6. The monoisotopic (exact) mass is 160 g/mol. The van der Waals surface area contributed by atoms with Gasteiger partial charge in [-0.25, -0.2) is 4.79 Å². The minimum absolute atomic E-state index is 0.258. The van der Waals surface area contributed by atoms with E-state index in [2.05, 4.69) is 0 Å². The quantitative estimate of drug-likeness (QED) is 0.610. The summed E-state index contributed by atoms with van der Waals surface area (Å²) in [7, 11) is 0. The maximum absolute atomic E-state index is 10.1. The molecule has 2 unspecified atom stereocenters. The van der Waals surface area contributed by atoms with Crippen LogP contribution in [0.2, 0.25) is 0 Å². The fraction of sp³-hybridized carbons (Fsp3) is 0.857. The summed E-state index contributed by atoms with van der Waals surface area (Å²) in [5.74, 6) is -0.982. The number of carboxylic acid groups (broad SMARTS) is 1. The van der Waals surface area contributed by atoms with Gasteiger partial charge in [-0.05, 0) is 19.3 Å². The van der Waals surface area contributed by atoms with Crippen molar-refractivity contribution in [3.05, 3.63) is 0 Å². The lowest BCUT2D eigenvalue weighted by Gasteiger charge is -2.13. The molecule has 0 spiro atoms. The highest BCUT2D eigenvalue weighted by molar-refractivity contribution is 5.68. The standard InChI is InChI=1S/C7H12O4/c8-5-2-1-3-6(5)11-4-7(9)10/h5-6,8H,1-4H2,(H,9,10). The highest BCUT2D eigenvalue weighted by Gasteiger charge is 2.26. The number of rotatable bonds is 3. The Bertz CT molecular complexity index is 145. The molecule has 0 saturated heterocycles. The predicted molar refractivity (Wildman–Crippen MR) is 37.2 cm³/mol. The minimum atomic E-state index is -0.982. The van der Waals surface area contributed by atoms with Crippen molar-refractivity contribution in [2.75, 3.05) is 6.61 Å². The Hall–Kier alpha value is -0.610. The number of aliphatic hydroxyl groups excluding tert-OH is 1. The Morgan fingerprint density at radius 1 is 1.55 bits per heavy atom. The summed E-state index contributed by atoms with van der Waals surface area (Å²) in [5, 5.41) is 17.4. The molecule has 4 nitrogen and oxygen atoms in total. The summed E-state index contributed by atoms with van der Waals surface area (Å²) in [6.07, 6.45) is 1.70. The van der Waals surface area contributed by atoms with Crippen molar-refractivity contribution >= 4 is 5.97 Å². The Balaban J connectivity index is 2.20. The molecule has 2 atom stereocenters. The van der Waals surface area contributed by atoms with Gasteiger partial charge in [0.15, 0.2) is 0 Å². The van der Waals surface area contributed by atoms with Crippen LogP contribution in [0.5, 0.6) is 0 Å². The number of hydrogen-bond acceptors (Lipinski definition) is 3. The number of aliphatic hydroxyl groups is 1. The molecule has 1 fully saturated rings. The first kappa shape index (κ1) is 8.49. The van der Waals surface area contributed by atoms with E-state index < -0.39 is 12.1 Å². The first-order valence-electron chi connectivity index (χ1n) is 3.71. The van der Waals surface area contributed by atoms with Gasteiger partial charge in [-0.1, -0.05) is 0 Å². The van der Waals surface area contributed by atoms with Crippen LogP contribution in [-0.2, 0) is 9.53 Å². The molecule has 0 aromatic carbocycles. The van der Waals surface area contributed by atoms with Crippen molar-refractivity contribution < 1.29 is 19.7 Å². The van der Waals surface area contributed by atoms with Crippen LogP contribution in [0.1, 0.15) is 19.3 Å². The molecule has 11 heavy (non-hydrogen) atoms. The van der Waals surface area contributed by atoms with Crippen LogP contribution in [0.4, 0.5) is 0 Å². The van der Waals surface area contributed by atoms with Crippen LogP contribution in [0, 0.1) is 0 Å². The van der Waals surface area contributed by atoms with Gasteiger partial charge in [0.1, 0.15) is 6.61 Å². The third-order valence-electron chi connectivity index (χ3n) is 1.84. The molecule has 64 valence electrons. The van der Waals surface area contributed by atoms with Crippen LogP contribution < -0.4 is 0 Å². The van der Waals surface area contributed by atoms with Gasteiger partial charge in [-0.3, -0.25) is 0 Å². The molecule has 1 aliphatic carbocycles. The first-order chi connectivity index (χ1) is 5.20. The van der Waals surface area contributed by atoms with E-state index in [-0.39, 0.29) is 12.7 Å². The highest BCUT2D eigenvalue weighted by Crippen LogP contribution is 2.21. The molecule has 0 aromatic heterocycles. The molecule has 1 rings (SSSR count). The number of aliphatic carboxylic acids is 1. The molecule has 0 radical (unpaired) electrons. The van der Waals surface area contributed by atoms with Crippen molar-refractivity contribution in [3.8, 4) is 0 Å². The summed E-state index contributed by atoms with van der Waals surface area (Å²) < 4.78 is 4.93. The lowest BCUT2D eigenvalue weighted by molar-refractivity contribution is -0.146. The Morgan fingerprint density at radius 2 is 2.27 bits per heavy atom. The minimum Gasteiger partial charge on any atom is -0.480 e.